The summed E-state index contributed by atoms with van der Waals surface area (Å²) in [6.45, 7) is 2.62. The van der Waals surface area contributed by atoms with Crippen molar-refractivity contribution < 1.29 is 17.9 Å². The highest BCUT2D eigenvalue weighted by Crippen LogP contribution is 2.31. The molecular formula is C22H28N4O6S. The molecule has 1 aliphatic carbocycles. The van der Waals surface area contributed by atoms with E-state index >= 15 is 0 Å². The van der Waals surface area contributed by atoms with E-state index in [1.807, 2.05) is 6.92 Å². The molecule has 0 unspecified atom stereocenters. The fourth-order valence-corrected chi connectivity index (χ4v) is 5.34. The van der Waals surface area contributed by atoms with Crippen LogP contribution in [-0.2, 0) is 23.1 Å². The Hall–Kier alpha value is -3.08. The Morgan fingerprint density at radius 3 is 2.42 bits per heavy atom. The predicted octanol–water partition coefficient (Wildman–Crippen LogP) is 2.21. The fraction of sp³-hybridized carbons (Fsp3) is 0.500. The van der Waals surface area contributed by atoms with Crippen molar-refractivity contribution in [3.8, 4) is 11.5 Å². The molecule has 0 radical (unpaired) electrons. The summed E-state index contributed by atoms with van der Waals surface area (Å²) in [5, 5.41) is 0. The molecule has 0 bridgehead atoms. The van der Waals surface area contributed by atoms with Crippen molar-refractivity contribution in [2.45, 2.75) is 57.0 Å². The molecule has 1 aliphatic rings. The number of aromatic nitrogens is 4. The van der Waals surface area contributed by atoms with Crippen LogP contribution < -0.4 is 20.7 Å². The summed E-state index contributed by atoms with van der Waals surface area (Å²) < 4.78 is 40.9. The summed E-state index contributed by atoms with van der Waals surface area (Å²) in [6, 6.07) is 4.19. The van der Waals surface area contributed by atoms with Crippen LogP contribution >= 0.6 is 0 Å². The Morgan fingerprint density at radius 2 is 1.82 bits per heavy atom. The number of rotatable bonds is 9. The van der Waals surface area contributed by atoms with E-state index < -0.39 is 21.3 Å². The Morgan fingerprint density at radius 1 is 1.09 bits per heavy atom. The second-order valence-corrected chi connectivity index (χ2v) is 10.0. The minimum Gasteiger partial charge on any atom is -0.493 e. The number of hydrogen-bond acceptors (Lipinski definition) is 7. The molecule has 0 saturated heterocycles. The minimum atomic E-state index is -4.20. The van der Waals surface area contributed by atoms with E-state index in [4.69, 9.17) is 9.47 Å². The fourth-order valence-electron chi connectivity index (χ4n) is 4.05. The molecule has 0 spiro atoms. The van der Waals surface area contributed by atoms with E-state index in [1.54, 1.807) is 0 Å². The maximum absolute atomic E-state index is 13.5. The van der Waals surface area contributed by atoms with Gasteiger partial charge in [-0.2, -0.15) is 0 Å². The summed E-state index contributed by atoms with van der Waals surface area (Å²) in [4.78, 5) is 30.7. The first-order chi connectivity index (χ1) is 15.8. The third-order valence-electron chi connectivity index (χ3n) is 6.19. The van der Waals surface area contributed by atoms with Crippen molar-refractivity contribution in [1.82, 2.24) is 18.1 Å². The van der Waals surface area contributed by atoms with Crippen molar-refractivity contribution in [3.63, 3.8) is 0 Å². The third kappa shape index (κ3) is 3.94. The SMILES string of the molecule is CCCCn1c(=O)n(CC2CCC2)c(=O)c2c1ncn2S(=O)(=O)c1ccc(OC)c(OC)c1. The second kappa shape index (κ2) is 9.05. The highest BCUT2D eigenvalue weighted by atomic mass is 32.2. The van der Waals surface area contributed by atoms with Gasteiger partial charge in [0.1, 0.15) is 6.33 Å². The molecule has 1 aromatic carbocycles. The maximum Gasteiger partial charge on any atom is 0.332 e. The molecule has 0 aliphatic heterocycles. The number of imidazole rings is 1. The van der Waals surface area contributed by atoms with Crippen LogP contribution in [0.4, 0.5) is 0 Å². The quantitative estimate of drug-likeness (QED) is 0.465. The standard InChI is InChI=1S/C22H28N4O6S/c1-4-5-11-24-20-19(21(27)25(22(24)28)13-15-7-6-8-15)26(14-23-20)33(29,30)16-9-10-17(31-2)18(12-16)32-3/h9-10,12,14-15H,4-8,11,13H2,1-3H3. The van der Waals surface area contributed by atoms with E-state index in [9.17, 15) is 18.0 Å². The zero-order valence-electron chi connectivity index (χ0n) is 19.0. The van der Waals surface area contributed by atoms with Gasteiger partial charge in [-0.25, -0.2) is 22.2 Å². The second-order valence-electron chi connectivity index (χ2n) is 8.23. The number of methoxy groups -OCH3 is 2. The van der Waals surface area contributed by atoms with E-state index in [0.29, 0.717) is 18.7 Å². The summed E-state index contributed by atoms with van der Waals surface area (Å²) in [7, 11) is -1.34. The van der Waals surface area contributed by atoms with E-state index in [2.05, 4.69) is 4.98 Å². The Bertz CT molecular complexity index is 1400. The molecule has 0 amide bonds. The van der Waals surface area contributed by atoms with Crippen molar-refractivity contribution in [1.29, 1.82) is 0 Å². The topological polar surface area (TPSA) is 114 Å². The summed E-state index contributed by atoms with van der Waals surface area (Å²) in [5.74, 6) is 0.861. The van der Waals surface area contributed by atoms with Gasteiger partial charge in [-0.1, -0.05) is 19.8 Å². The van der Waals surface area contributed by atoms with Gasteiger partial charge in [-0.15, -0.1) is 0 Å². The molecule has 10 nitrogen and oxygen atoms in total. The van der Waals surface area contributed by atoms with Gasteiger partial charge in [0.15, 0.2) is 22.7 Å². The van der Waals surface area contributed by atoms with Crippen LogP contribution in [0.5, 0.6) is 11.5 Å². The minimum absolute atomic E-state index is 0.0763. The van der Waals surface area contributed by atoms with Gasteiger partial charge in [0.05, 0.1) is 19.1 Å². The molecule has 33 heavy (non-hydrogen) atoms. The molecule has 2 heterocycles. The van der Waals surface area contributed by atoms with Gasteiger partial charge in [-0.3, -0.25) is 13.9 Å². The van der Waals surface area contributed by atoms with Crippen molar-refractivity contribution in [3.05, 3.63) is 45.4 Å². The molecule has 3 aromatic rings. The van der Waals surface area contributed by atoms with Gasteiger partial charge in [0, 0.05) is 19.2 Å². The van der Waals surface area contributed by atoms with Crippen molar-refractivity contribution in [2.75, 3.05) is 14.2 Å². The normalized spacial score (nSPS) is 14.4. The molecule has 11 heteroatoms. The van der Waals surface area contributed by atoms with Gasteiger partial charge >= 0.3 is 5.69 Å². The Kier molecular flexibility index (Phi) is 6.33. The lowest BCUT2D eigenvalue weighted by Crippen LogP contribution is -2.43. The maximum atomic E-state index is 13.5. The van der Waals surface area contributed by atoms with Crippen LogP contribution in [0.25, 0.3) is 11.2 Å². The van der Waals surface area contributed by atoms with Gasteiger partial charge in [0.25, 0.3) is 15.6 Å². The van der Waals surface area contributed by atoms with Crippen LogP contribution in [-0.4, -0.2) is 40.7 Å². The monoisotopic (exact) mass is 476 g/mol. The average molecular weight is 477 g/mol. The van der Waals surface area contributed by atoms with Gasteiger partial charge < -0.3 is 9.47 Å². The van der Waals surface area contributed by atoms with E-state index in [0.717, 1.165) is 36.0 Å². The largest absolute Gasteiger partial charge is 0.493 e. The predicted molar refractivity (Wildman–Crippen MR) is 123 cm³/mol. The molecule has 0 atom stereocenters. The van der Waals surface area contributed by atoms with Crippen LogP contribution in [0.2, 0.25) is 0 Å². The van der Waals surface area contributed by atoms with Gasteiger partial charge in [0.2, 0.25) is 0 Å². The molecular weight excluding hydrogens is 448 g/mol. The summed E-state index contributed by atoms with van der Waals surface area (Å²) in [6.07, 6.45) is 5.58. The smallest absolute Gasteiger partial charge is 0.332 e. The lowest BCUT2D eigenvalue weighted by atomic mass is 9.85. The number of fused-ring (bicyclic) bond motifs is 1. The van der Waals surface area contributed by atoms with Crippen molar-refractivity contribution >= 4 is 21.2 Å². The number of hydrogen-bond donors (Lipinski definition) is 0. The van der Waals surface area contributed by atoms with Crippen LogP contribution in [0.1, 0.15) is 39.0 Å². The highest BCUT2D eigenvalue weighted by Gasteiger charge is 2.28. The summed E-state index contributed by atoms with van der Waals surface area (Å²) in [5.41, 5.74) is -1.13. The highest BCUT2D eigenvalue weighted by molar-refractivity contribution is 7.90. The zero-order valence-corrected chi connectivity index (χ0v) is 19.8. The van der Waals surface area contributed by atoms with E-state index in [-0.39, 0.29) is 34.3 Å². The molecule has 2 aromatic heterocycles. The molecule has 178 valence electrons. The number of nitrogens with zero attached hydrogens (tertiary/aromatic N) is 4. The number of ether oxygens (including phenoxy) is 2. The van der Waals surface area contributed by atoms with Crippen LogP contribution in [0, 0.1) is 5.92 Å². The van der Waals surface area contributed by atoms with E-state index in [1.165, 1.54) is 41.6 Å². The molecule has 4 rings (SSSR count). The van der Waals surface area contributed by atoms with Crippen LogP contribution in [0.3, 0.4) is 0 Å². The van der Waals surface area contributed by atoms with Crippen molar-refractivity contribution in [2.24, 2.45) is 5.92 Å². The molecule has 1 fully saturated rings. The van der Waals surface area contributed by atoms with Gasteiger partial charge in [-0.05, 0) is 37.3 Å². The lowest BCUT2D eigenvalue weighted by Gasteiger charge is -2.26. The average Bonchev–Trinajstić information content (AvgIpc) is 3.23. The lowest BCUT2D eigenvalue weighted by molar-refractivity contribution is 0.268. The Labute approximate surface area is 191 Å². The molecule has 1 saturated carbocycles. The van der Waals surface area contributed by atoms with Crippen LogP contribution in [0.15, 0.2) is 39.0 Å². The third-order valence-corrected chi connectivity index (χ3v) is 7.84. The number of aryl methyl sites for hydroxylation is 1. The number of benzene rings is 1. The number of unbranched alkanes of at least 4 members (excludes halogenated alkanes) is 1. The first-order valence-corrected chi connectivity index (χ1v) is 12.5. The summed E-state index contributed by atoms with van der Waals surface area (Å²) >= 11 is 0. The molecule has 0 N–H and O–H groups in total. The first-order valence-electron chi connectivity index (χ1n) is 11.0. The Balaban J connectivity index is 1.94. The first kappa shape index (κ1) is 23.1. The zero-order chi connectivity index (χ0) is 23.8.